The Morgan fingerprint density at radius 2 is 1.88 bits per heavy atom. The van der Waals surface area contributed by atoms with Crippen LogP contribution in [0, 0.1) is 0 Å². The van der Waals surface area contributed by atoms with Crippen molar-refractivity contribution in [1.29, 1.82) is 0 Å². The molecule has 1 aliphatic heterocycles. The number of primary sulfonamides is 1. The fourth-order valence-electron chi connectivity index (χ4n) is 2.65. The van der Waals surface area contributed by atoms with Crippen LogP contribution in [0.2, 0.25) is 0 Å². The molecule has 1 atom stereocenters. The van der Waals surface area contributed by atoms with Gasteiger partial charge in [0.15, 0.2) is 0 Å². The van der Waals surface area contributed by atoms with E-state index in [4.69, 9.17) is 19.3 Å². The van der Waals surface area contributed by atoms with Gasteiger partial charge in [0.05, 0.1) is 19.5 Å². The monoisotopic (exact) mass is 349 g/mol. The number of nitrogens with two attached hydrogens (primary N) is 1. The first-order valence-electron chi connectivity index (χ1n) is 7.51. The lowest BCUT2D eigenvalue weighted by Gasteiger charge is -2.27. The molecule has 1 aliphatic rings. The van der Waals surface area contributed by atoms with Crippen molar-refractivity contribution in [2.75, 3.05) is 13.7 Å². The molecule has 3 rings (SSSR count). The van der Waals surface area contributed by atoms with E-state index in [1.54, 1.807) is 31.4 Å². The lowest BCUT2D eigenvalue weighted by molar-refractivity contribution is 0.136. The summed E-state index contributed by atoms with van der Waals surface area (Å²) in [7, 11) is -1.92. The van der Waals surface area contributed by atoms with Gasteiger partial charge in [0, 0.05) is 18.1 Å². The first-order chi connectivity index (χ1) is 11.4. The summed E-state index contributed by atoms with van der Waals surface area (Å²) >= 11 is 0. The second-order valence-corrected chi connectivity index (χ2v) is 7.21. The molecule has 0 saturated carbocycles. The van der Waals surface area contributed by atoms with E-state index in [1.165, 1.54) is 0 Å². The topological polar surface area (TPSA) is 87.8 Å². The van der Waals surface area contributed by atoms with Gasteiger partial charge in [-0.1, -0.05) is 12.1 Å². The Hall–Kier alpha value is -2.25. The number of benzene rings is 2. The summed E-state index contributed by atoms with van der Waals surface area (Å²) < 4.78 is 39.1. The Kier molecular flexibility index (Phi) is 4.64. The summed E-state index contributed by atoms with van der Waals surface area (Å²) in [4.78, 5) is 0. The van der Waals surface area contributed by atoms with Crippen LogP contribution in [0.3, 0.4) is 0 Å². The smallest absolute Gasteiger partial charge is 0.213 e. The Morgan fingerprint density at radius 1 is 1.17 bits per heavy atom. The molecule has 0 radical (unpaired) electrons. The normalized spacial score (nSPS) is 16.8. The fourth-order valence-corrected chi connectivity index (χ4v) is 3.30. The van der Waals surface area contributed by atoms with E-state index in [1.807, 2.05) is 18.2 Å². The number of hydrogen-bond acceptors (Lipinski definition) is 5. The van der Waals surface area contributed by atoms with Crippen molar-refractivity contribution in [3.05, 3.63) is 53.6 Å². The number of sulfonamides is 1. The van der Waals surface area contributed by atoms with Crippen molar-refractivity contribution >= 4 is 10.0 Å². The third-order valence-electron chi connectivity index (χ3n) is 3.77. The highest BCUT2D eigenvalue weighted by molar-refractivity contribution is 7.88. The molecule has 2 aromatic carbocycles. The Bertz CT molecular complexity index is 817. The van der Waals surface area contributed by atoms with E-state index in [-0.39, 0.29) is 11.9 Å². The molecule has 0 saturated heterocycles. The molecule has 1 unspecified atom stereocenters. The maximum atomic E-state index is 11.1. The number of ether oxygens (including phenoxy) is 3. The van der Waals surface area contributed by atoms with E-state index in [2.05, 4.69) is 0 Å². The van der Waals surface area contributed by atoms with Gasteiger partial charge in [-0.3, -0.25) is 0 Å². The molecule has 2 N–H and O–H groups in total. The predicted molar refractivity (Wildman–Crippen MR) is 89.7 cm³/mol. The number of fused-ring (bicyclic) bond motifs is 1. The Morgan fingerprint density at radius 3 is 2.54 bits per heavy atom. The molecule has 0 bridgehead atoms. The molecule has 6 nitrogen and oxygen atoms in total. The van der Waals surface area contributed by atoms with Crippen molar-refractivity contribution in [3.63, 3.8) is 0 Å². The molecule has 7 heteroatoms. The van der Waals surface area contributed by atoms with Gasteiger partial charge in [-0.05, 0) is 29.8 Å². The van der Waals surface area contributed by atoms with Gasteiger partial charge < -0.3 is 14.2 Å². The summed E-state index contributed by atoms with van der Waals surface area (Å²) in [5, 5.41) is 5.05. The molecule has 2 aromatic rings. The van der Waals surface area contributed by atoms with Crippen molar-refractivity contribution < 1.29 is 22.6 Å². The van der Waals surface area contributed by atoms with E-state index in [0.717, 1.165) is 23.5 Å². The molecule has 0 amide bonds. The van der Waals surface area contributed by atoms with Crippen LogP contribution in [0.25, 0.3) is 0 Å². The van der Waals surface area contributed by atoms with Crippen molar-refractivity contribution in [2.24, 2.45) is 5.14 Å². The van der Waals surface area contributed by atoms with Crippen molar-refractivity contribution in [1.82, 2.24) is 0 Å². The maximum absolute atomic E-state index is 11.1. The summed E-state index contributed by atoms with van der Waals surface area (Å²) in [6.45, 7) is 0.564. The molecule has 1 heterocycles. The van der Waals surface area contributed by atoms with Crippen LogP contribution < -0.4 is 19.3 Å². The zero-order chi connectivity index (χ0) is 17.2. The molecular formula is C17H19NO5S. The van der Waals surface area contributed by atoms with E-state index < -0.39 is 10.0 Å². The predicted octanol–water partition coefficient (Wildman–Crippen LogP) is 2.39. The van der Waals surface area contributed by atoms with Crippen LogP contribution in [0.4, 0.5) is 0 Å². The Labute approximate surface area is 141 Å². The van der Waals surface area contributed by atoms with Gasteiger partial charge in [-0.15, -0.1) is 0 Å². The minimum atomic E-state index is -3.53. The molecule has 0 fully saturated rings. The molecule has 0 spiro atoms. The van der Waals surface area contributed by atoms with Gasteiger partial charge in [0.2, 0.25) is 10.0 Å². The molecule has 0 aliphatic carbocycles. The fraction of sp³-hybridized carbons (Fsp3) is 0.294. The average molecular weight is 349 g/mol. The highest BCUT2D eigenvalue weighted by Crippen LogP contribution is 2.37. The number of hydrogen-bond donors (Lipinski definition) is 1. The standard InChI is InChI=1S/C17H19NO5S/c1-21-14-6-7-15-16(8-9-22-17(15)10-14)23-13-4-2-12(3-5-13)11-24(18,19)20/h2-7,10,16H,8-9,11H2,1H3,(H2,18,19,20). The van der Waals surface area contributed by atoms with Crippen LogP contribution in [-0.2, 0) is 15.8 Å². The average Bonchev–Trinajstić information content (AvgIpc) is 2.55. The number of rotatable bonds is 5. The van der Waals surface area contributed by atoms with Crippen LogP contribution >= 0.6 is 0 Å². The van der Waals surface area contributed by atoms with Gasteiger partial charge in [0.1, 0.15) is 23.4 Å². The second-order valence-electron chi connectivity index (χ2n) is 5.60. The van der Waals surface area contributed by atoms with Crippen LogP contribution in [-0.4, -0.2) is 22.1 Å². The summed E-state index contributed by atoms with van der Waals surface area (Å²) in [6, 6.07) is 12.6. The van der Waals surface area contributed by atoms with E-state index in [9.17, 15) is 8.42 Å². The summed E-state index contributed by atoms with van der Waals surface area (Å²) in [5.74, 6) is 1.98. The zero-order valence-corrected chi connectivity index (χ0v) is 14.1. The summed E-state index contributed by atoms with van der Waals surface area (Å²) in [6.07, 6.45) is 0.613. The molecule has 0 aromatic heterocycles. The highest BCUT2D eigenvalue weighted by Gasteiger charge is 2.23. The minimum absolute atomic E-state index is 0.122. The lowest BCUT2D eigenvalue weighted by Crippen LogP contribution is -2.18. The minimum Gasteiger partial charge on any atom is -0.497 e. The van der Waals surface area contributed by atoms with Gasteiger partial charge >= 0.3 is 0 Å². The van der Waals surface area contributed by atoms with Crippen molar-refractivity contribution in [3.8, 4) is 17.2 Å². The number of methoxy groups -OCH3 is 1. The van der Waals surface area contributed by atoms with Gasteiger partial charge in [-0.2, -0.15) is 0 Å². The highest BCUT2D eigenvalue weighted by atomic mass is 32.2. The largest absolute Gasteiger partial charge is 0.497 e. The van der Waals surface area contributed by atoms with Crippen LogP contribution in [0.5, 0.6) is 17.2 Å². The van der Waals surface area contributed by atoms with Gasteiger partial charge in [0.25, 0.3) is 0 Å². The van der Waals surface area contributed by atoms with Crippen molar-refractivity contribution in [2.45, 2.75) is 18.3 Å². The zero-order valence-electron chi connectivity index (χ0n) is 13.3. The van der Waals surface area contributed by atoms with Gasteiger partial charge in [-0.25, -0.2) is 13.6 Å². The third-order valence-corrected chi connectivity index (χ3v) is 4.51. The lowest BCUT2D eigenvalue weighted by atomic mass is 10.0. The molecule has 24 heavy (non-hydrogen) atoms. The maximum Gasteiger partial charge on any atom is 0.213 e. The molecular weight excluding hydrogens is 330 g/mol. The first-order valence-corrected chi connectivity index (χ1v) is 9.23. The van der Waals surface area contributed by atoms with E-state index in [0.29, 0.717) is 17.9 Å². The summed E-state index contributed by atoms with van der Waals surface area (Å²) in [5.41, 5.74) is 1.60. The SMILES string of the molecule is COc1ccc2c(c1)OCCC2Oc1ccc(CS(N)(=O)=O)cc1. The van der Waals surface area contributed by atoms with E-state index >= 15 is 0 Å². The second kappa shape index (κ2) is 6.70. The Balaban J connectivity index is 1.75. The van der Waals surface area contributed by atoms with Crippen LogP contribution in [0.15, 0.2) is 42.5 Å². The third kappa shape index (κ3) is 3.98. The first kappa shape index (κ1) is 16.6. The quantitative estimate of drug-likeness (QED) is 0.895. The molecule has 128 valence electrons. The van der Waals surface area contributed by atoms with Crippen LogP contribution in [0.1, 0.15) is 23.7 Å².